The van der Waals surface area contributed by atoms with Gasteiger partial charge < -0.3 is 10.2 Å². The molecule has 2 aliphatic rings. The smallest absolute Gasteiger partial charge is 0.0550 e. The van der Waals surface area contributed by atoms with E-state index in [1.54, 1.807) is 0 Å². The van der Waals surface area contributed by atoms with Crippen molar-refractivity contribution in [3.8, 4) is 0 Å². The lowest BCUT2D eigenvalue weighted by atomic mass is 9.71. The Balaban J connectivity index is 1.82. The van der Waals surface area contributed by atoms with Crippen LogP contribution in [0.3, 0.4) is 0 Å². The van der Waals surface area contributed by atoms with Crippen molar-refractivity contribution in [2.75, 3.05) is 13.2 Å². The maximum atomic E-state index is 9.96. The minimum absolute atomic E-state index is 0.0268. The summed E-state index contributed by atoms with van der Waals surface area (Å²) >= 11 is 3.45. The molecule has 110 valence electrons. The van der Waals surface area contributed by atoms with Gasteiger partial charge in [0.25, 0.3) is 0 Å². The van der Waals surface area contributed by atoms with Crippen molar-refractivity contribution >= 4 is 15.9 Å². The minimum atomic E-state index is -0.476. The zero-order valence-electron chi connectivity index (χ0n) is 11.8. The van der Waals surface area contributed by atoms with Gasteiger partial charge >= 0.3 is 0 Å². The molecule has 2 fully saturated rings. The summed E-state index contributed by atoms with van der Waals surface area (Å²) < 4.78 is 1.03. The Morgan fingerprint density at radius 3 is 2.25 bits per heavy atom. The van der Waals surface area contributed by atoms with Crippen LogP contribution in [0, 0.1) is 17.8 Å². The van der Waals surface area contributed by atoms with E-state index in [2.05, 4.69) is 15.9 Å². The Kier molecular flexibility index (Phi) is 4.21. The number of rotatable bonds is 5. The van der Waals surface area contributed by atoms with E-state index in [-0.39, 0.29) is 13.2 Å². The minimum Gasteiger partial charge on any atom is -0.395 e. The number of fused-ring (bicyclic) bond motifs is 2. The maximum Gasteiger partial charge on any atom is 0.0550 e. The molecular formula is C17H23BrO2. The predicted molar refractivity (Wildman–Crippen MR) is 83.5 cm³/mol. The topological polar surface area (TPSA) is 40.5 Å². The molecule has 0 amide bonds. The number of halogens is 1. The van der Waals surface area contributed by atoms with E-state index >= 15 is 0 Å². The van der Waals surface area contributed by atoms with E-state index in [4.69, 9.17) is 0 Å². The fourth-order valence-electron chi connectivity index (χ4n) is 4.41. The molecular weight excluding hydrogens is 316 g/mol. The average molecular weight is 339 g/mol. The van der Waals surface area contributed by atoms with Crippen LogP contribution in [0.15, 0.2) is 28.7 Å². The summed E-state index contributed by atoms with van der Waals surface area (Å²) in [6, 6.07) is 8.06. The molecule has 2 bridgehead atoms. The molecule has 0 radical (unpaired) electrons. The molecule has 1 aromatic rings. The second-order valence-electron chi connectivity index (χ2n) is 6.74. The largest absolute Gasteiger partial charge is 0.395 e. The third-order valence-corrected chi connectivity index (χ3v) is 6.13. The Morgan fingerprint density at radius 1 is 1.05 bits per heavy atom. The summed E-state index contributed by atoms with van der Waals surface area (Å²) in [6.07, 6.45) is 6.33. The van der Waals surface area contributed by atoms with Gasteiger partial charge in [-0.1, -0.05) is 34.5 Å². The van der Waals surface area contributed by atoms with Crippen LogP contribution in [0.4, 0.5) is 0 Å². The van der Waals surface area contributed by atoms with E-state index < -0.39 is 5.41 Å². The molecule has 0 aromatic heterocycles. The summed E-state index contributed by atoms with van der Waals surface area (Å²) in [6.45, 7) is 0.0536. The maximum absolute atomic E-state index is 9.96. The van der Waals surface area contributed by atoms with Gasteiger partial charge in [0.05, 0.1) is 13.2 Å². The number of hydrogen-bond acceptors (Lipinski definition) is 2. The van der Waals surface area contributed by atoms with Crippen LogP contribution in [-0.4, -0.2) is 23.4 Å². The zero-order chi connectivity index (χ0) is 14.2. The van der Waals surface area contributed by atoms with Crippen LogP contribution in [0.25, 0.3) is 0 Å². The van der Waals surface area contributed by atoms with Crippen LogP contribution in [0.1, 0.15) is 37.7 Å². The molecule has 3 atom stereocenters. The fraction of sp³-hybridized carbons (Fsp3) is 0.647. The lowest BCUT2D eigenvalue weighted by Gasteiger charge is -2.36. The highest BCUT2D eigenvalue weighted by Gasteiger charge is 2.44. The molecule has 0 heterocycles. The standard InChI is InChI=1S/C17H23BrO2/c18-16-5-3-15(4-6-16)17(10-19,11-20)9-14-8-12-1-2-13(14)7-12/h3-6,12-14,19-20H,1-2,7-11H2. The van der Waals surface area contributed by atoms with Crippen LogP contribution in [-0.2, 0) is 5.41 Å². The van der Waals surface area contributed by atoms with E-state index in [9.17, 15) is 10.2 Å². The third-order valence-electron chi connectivity index (χ3n) is 5.60. The van der Waals surface area contributed by atoms with Gasteiger partial charge in [0, 0.05) is 9.89 Å². The van der Waals surface area contributed by atoms with Crippen molar-refractivity contribution in [2.45, 2.75) is 37.5 Å². The van der Waals surface area contributed by atoms with Crippen LogP contribution < -0.4 is 0 Å². The van der Waals surface area contributed by atoms with Crippen molar-refractivity contribution in [1.29, 1.82) is 0 Å². The van der Waals surface area contributed by atoms with Crippen LogP contribution in [0.2, 0.25) is 0 Å². The van der Waals surface area contributed by atoms with E-state index in [1.165, 1.54) is 25.7 Å². The van der Waals surface area contributed by atoms with Gasteiger partial charge in [-0.15, -0.1) is 0 Å². The van der Waals surface area contributed by atoms with Gasteiger partial charge in [0.1, 0.15) is 0 Å². The molecule has 3 rings (SSSR count). The lowest BCUT2D eigenvalue weighted by Crippen LogP contribution is -2.38. The van der Waals surface area contributed by atoms with Gasteiger partial charge in [0.15, 0.2) is 0 Å². The molecule has 2 nitrogen and oxygen atoms in total. The molecule has 2 aliphatic carbocycles. The summed E-state index contributed by atoms with van der Waals surface area (Å²) in [5.74, 6) is 2.41. The van der Waals surface area contributed by atoms with Gasteiger partial charge in [-0.05, 0) is 61.1 Å². The second kappa shape index (κ2) is 5.78. The Bertz CT molecular complexity index is 453. The average Bonchev–Trinajstić information content (AvgIpc) is 3.08. The van der Waals surface area contributed by atoms with Crippen molar-refractivity contribution in [1.82, 2.24) is 0 Å². The number of aliphatic hydroxyl groups excluding tert-OH is 2. The van der Waals surface area contributed by atoms with Crippen LogP contribution in [0.5, 0.6) is 0 Å². The Hall–Kier alpha value is -0.380. The van der Waals surface area contributed by atoms with E-state index in [0.29, 0.717) is 5.92 Å². The lowest BCUT2D eigenvalue weighted by molar-refractivity contribution is 0.0847. The normalized spacial score (nSPS) is 29.1. The first-order chi connectivity index (χ1) is 9.66. The molecule has 2 N–H and O–H groups in total. The van der Waals surface area contributed by atoms with Crippen molar-refractivity contribution in [3.05, 3.63) is 34.3 Å². The van der Waals surface area contributed by atoms with Gasteiger partial charge in [-0.3, -0.25) is 0 Å². The molecule has 0 saturated heterocycles. The first-order valence-electron chi connectivity index (χ1n) is 7.64. The highest BCUT2D eigenvalue weighted by Crippen LogP contribution is 2.52. The first-order valence-corrected chi connectivity index (χ1v) is 8.44. The van der Waals surface area contributed by atoms with Gasteiger partial charge in [0.2, 0.25) is 0 Å². The zero-order valence-corrected chi connectivity index (χ0v) is 13.3. The molecule has 1 aromatic carbocycles. The second-order valence-corrected chi connectivity index (χ2v) is 7.66. The summed E-state index contributed by atoms with van der Waals surface area (Å²) in [5, 5.41) is 19.9. The van der Waals surface area contributed by atoms with Crippen molar-refractivity contribution in [2.24, 2.45) is 17.8 Å². The fourth-order valence-corrected chi connectivity index (χ4v) is 4.68. The highest BCUT2D eigenvalue weighted by atomic mass is 79.9. The quantitative estimate of drug-likeness (QED) is 0.862. The Labute approximate surface area is 129 Å². The monoisotopic (exact) mass is 338 g/mol. The molecule has 0 aliphatic heterocycles. The van der Waals surface area contributed by atoms with Gasteiger partial charge in [-0.2, -0.15) is 0 Å². The molecule has 0 spiro atoms. The van der Waals surface area contributed by atoms with E-state index in [1.807, 2.05) is 24.3 Å². The number of hydrogen-bond donors (Lipinski definition) is 2. The van der Waals surface area contributed by atoms with Crippen molar-refractivity contribution < 1.29 is 10.2 Å². The number of benzene rings is 1. The van der Waals surface area contributed by atoms with E-state index in [0.717, 1.165) is 28.3 Å². The summed E-state index contributed by atoms with van der Waals surface area (Å²) in [4.78, 5) is 0. The van der Waals surface area contributed by atoms with Crippen LogP contribution >= 0.6 is 15.9 Å². The summed E-state index contributed by atoms with van der Waals surface area (Å²) in [5.41, 5.74) is 0.587. The number of aliphatic hydroxyl groups is 2. The molecule has 20 heavy (non-hydrogen) atoms. The third kappa shape index (κ3) is 2.56. The molecule has 3 unspecified atom stereocenters. The van der Waals surface area contributed by atoms with Crippen molar-refractivity contribution in [3.63, 3.8) is 0 Å². The predicted octanol–water partition coefficient (Wildman–Crippen LogP) is 3.50. The Morgan fingerprint density at radius 2 is 1.75 bits per heavy atom. The molecule has 2 saturated carbocycles. The SMILES string of the molecule is OCC(CO)(CC1CC2CCC1C2)c1ccc(Br)cc1. The summed E-state index contributed by atoms with van der Waals surface area (Å²) in [7, 11) is 0. The highest BCUT2D eigenvalue weighted by molar-refractivity contribution is 9.10. The first kappa shape index (κ1) is 14.6. The molecule has 3 heteroatoms. The van der Waals surface area contributed by atoms with Gasteiger partial charge in [-0.25, -0.2) is 0 Å².